The van der Waals surface area contributed by atoms with Crippen LogP contribution in [0.5, 0.6) is 0 Å². The highest BCUT2D eigenvalue weighted by Gasteiger charge is 2.18. The van der Waals surface area contributed by atoms with Crippen LogP contribution in [-0.2, 0) is 9.53 Å². The first-order valence-corrected chi connectivity index (χ1v) is 6.76. The zero-order valence-electron chi connectivity index (χ0n) is 10.5. The molecular formula is C13H17BrFNO2. The fraction of sp³-hybridized carbons (Fsp3) is 0.462. The van der Waals surface area contributed by atoms with Gasteiger partial charge in [0.25, 0.3) is 0 Å². The van der Waals surface area contributed by atoms with E-state index in [9.17, 15) is 9.18 Å². The average molecular weight is 318 g/mol. The van der Waals surface area contributed by atoms with Crippen LogP contribution in [0.2, 0.25) is 0 Å². The SMILES string of the molecule is CCCC(Nc1ccc(F)c(Br)c1)C(=O)OCC. The number of halogens is 2. The number of hydrogen-bond donors (Lipinski definition) is 1. The zero-order chi connectivity index (χ0) is 13.5. The first kappa shape index (κ1) is 15.0. The van der Waals surface area contributed by atoms with E-state index in [-0.39, 0.29) is 11.8 Å². The summed E-state index contributed by atoms with van der Waals surface area (Å²) in [7, 11) is 0. The van der Waals surface area contributed by atoms with Crippen LogP contribution >= 0.6 is 15.9 Å². The van der Waals surface area contributed by atoms with Gasteiger partial charge in [0.15, 0.2) is 0 Å². The van der Waals surface area contributed by atoms with Crippen molar-refractivity contribution in [1.82, 2.24) is 0 Å². The number of ether oxygens (including phenoxy) is 1. The molecule has 0 aromatic heterocycles. The van der Waals surface area contributed by atoms with E-state index in [2.05, 4.69) is 21.2 Å². The minimum absolute atomic E-state index is 0.278. The summed E-state index contributed by atoms with van der Waals surface area (Å²) < 4.78 is 18.5. The number of nitrogens with one attached hydrogen (secondary N) is 1. The molecular weight excluding hydrogens is 301 g/mol. The normalized spacial score (nSPS) is 12.0. The number of hydrogen-bond acceptors (Lipinski definition) is 3. The molecule has 18 heavy (non-hydrogen) atoms. The predicted octanol–water partition coefficient (Wildman–Crippen LogP) is 3.73. The van der Waals surface area contributed by atoms with Crippen LogP contribution < -0.4 is 5.32 Å². The lowest BCUT2D eigenvalue weighted by atomic mass is 10.1. The summed E-state index contributed by atoms with van der Waals surface area (Å²) in [6.07, 6.45) is 1.53. The molecule has 0 aliphatic heterocycles. The summed E-state index contributed by atoms with van der Waals surface area (Å²) in [5, 5.41) is 3.06. The molecule has 0 fully saturated rings. The van der Waals surface area contributed by atoms with E-state index in [0.29, 0.717) is 23.2 Å². The van der Waals surface area contributed by atoms with E-state index in [1.54, 1.807) is 19.1 Å². The highest BCUT2D eigenvalue weighted by Crippen LogP contribution is 2.21. The average Bonchev–Trinajstić information content (AvgIpc) is 2.33. The largest absolute Gasteiger partial charge is 0.464 e. The van der Waals surface area contributed by atoms with Crippen molar-refractivity contribution < 1.29 is 13.9 Å². The first-order chi connectivity index (χ1) is 8.58. The van der Waals surface area contributed by atoms with Crippen LogP contribution in [-0.4, -0.2) is 18.6 Å². The summed E-state index contributed by atoms with van der Waals surface area (Å²) in [4.78, 5) is 11.7. The summed E-state index contributed by atoms with van der Waals surface area (Å²) in [5.74, 6) is -0.608. The molecule has 0 aliphatic rings. The quantitative estimate of drug-likeness (QED) is 0.812. The van der Waals surface area contributed by atoms with Crippen molar-refractivity contribution in [2.24, 2.45) is 0 Å². The Kier molecular flexibility index (Phi) is 6.12. The molecule has 0 saturated carbocycles. The molecule has 0 spiro atoms. The van der Waals surface area contributed by atoms with Gasteiger partial charge in [-0.2, -0.15) is 0 Å². The summed E-state index contributed by atoms with van der Waals surface area (Å²) in [5.41, 5.74) is 0.690. The molecule has 3 nitrogen and oxygen atoms in total. The van der Waals surface area contributed by atoms with E-state index in [1.165, 1.54) is 6.07 Å². The number of benzene rings is 1. The smallest absolute Gasteiger partial charge is 0.328 e. The van der Waals surface area contributed by atoms with E-state index in [0.717, 1.165) is 6.42 Å². The molecule has 100 valence electrons. The number of carbonyl (C=O) groups excluding carboxylic acids is 1. The standard InChI is InChI=1S/C13H17BrFNO2/c1-3-5-12(13(17)18-4-2)16-9-6-7-11(15)10(14)8-9/h6-8,12,16H,3-5H2,1-2H3. The maximum absolute atomic E-state index is 13.1. The van der Waals surface area contributed by atoms with Crippen LogP contribution in [0.1, 0.15) is 26.7 Å². The topological polar surface area (TPSA) is 38.3 Å². The van der Waals surface area contributed by atoms with E-state index in [4.69, 9.17) is 4.74 Å². The molecule has 0 radical (unpaired) electrons. The Labute approximate surface area is 115 Å². The van der Waals surface area contributed by atoms with Crippen molar-refractivity contribution in [2.45, 2.75) is 32.7 Å². The van der Waals surface area contributed by atoms with Gasteiger partial charge in [0.2, 0.25) is 0 Å². The highest BCUT2D eigenvalue weighted by molar-refractivity contribution is 9.10. The molecule has 1 N–H and O–H groups in total. The van der Waals surface area contributed by atoms with Crippen molar-refractivity contribution in [3.05, 3.63) is 28.5 Å². The van der Waals surface area contributed by atoms with E-state index in [1.807, 2.05) is 6.92 Å². The van der Waals surface area contributed by atoms with E-state index >= 15 is 0 Å². The second kappa shape index (κ2) is 7.36. The van der Waals surface area contributed by atoms with Gasteiger partial charge in [-0.3, -0.25) is 0 Å². The van der Waals surface area contributed by atoms with Gasteiger partial charge >= 0.3 is 5.97 Å². The molecule has 1 unspecified atom stereocenters. The van der Waals surface area contributed by atoms with Crippen molar-refractivity contribution in [1.29, 1.82) is 0 Å². The minimum atomic E-state index is -0.396. The third-order valence-electron chi connectivity index (χ3n) is 2.41. The molecule has 0 bridgehead atoms. The van der Waals surface area contributed by atoms with Crippen LogP contribution in [0.25, 0.3) is 0 Å². The minimum Gasteiger partial charge on any atom is -0.464 e. The Hall–Kier alpha value is -1.10. The van der Waals surface area contributed by atoms with Gasteiger partial charge in [-0.1, -0.05) is 13.3 Å². The monoisotopic (exact) mass is 317 g/mol. The second-order valence-corrected chi connectivity index (χ2v) is 4.72. The molecule has 5 heteroatoms. The summed E-state index contributed by atoms with van der Waals surface area (Å²) in [6, 6.07) is 4.16. The second-order valence-electron chi connectivity index (χ2n) is 3.87. The number of anilines is 1. The van der Waals surface area contributed by atoms with Gasteiger partial charge < -0.3 is 10.1 Å². The van der Waals surface area contributed by atoms with Crippen molar-refractivity contribution in [2.75, 3.05) is 11.9 Å². The fourth-order valence-electron chi connectivity index (χ4n) is 1.57. The fourth-order valence-corrected chi connectivity index (χ4v) is 1.95. The zero-order valence-corrected chi connectivity index (χ0v) is 12.1. The summed E-state index contributed by atoms with van der Waals surface area (Å²) in [6.45, 7) is 4.12. The van der Waals surface area contributed by atoms with Crippen molar-refractivity contribution in [3.8, 4) is 0 Å². The highest BCUT2D eigenvalue weighted by atomic mass is 79.9. The van der Waals surface area contributed by atoms with Gasteiger partial charge in [0.05, 0.1) is 11.1 Å². The van der Waals surface area contributed by atoms with Crippen LogP contribution in [0.4, 0.5) is 10.1 Å². The molecule has 1 atom stereocenters. The first-order valence-electron chi connectivity index (χ1n) is 5.96. The Bertz CT molecular complexity index is 412. The molecule has 1 aromatic carbocycles. The summed E-state index contributed by atoms with van der Waals surface area (Å²) >= 11 is 3.11. The predicted molar refractivity (Wildman–Crippen MR) is 73.1 cm³/mol. The molecule has 1 aromatic rings. The van der Waals surface area contributed by atoms with Gasteiger partial charge in [-0.05, 0) is 47.5 Å². The number of carbonyl (C=O) groups is 1. The van der Waals surface area contributed by atoms with Gasteiger partial charge in [-0.25, -0.2) is 9.18 Å². The lowest BCUT2D eigenvalue weighted by molar-refractivity contribution is -0.144. The Morgan fingerprint density at radius 1 is 1.50 bits per heavy atom. The Morgan fingerprint density at radius 3 is 2.78 bits per heavy atom. The van der Waals surface area contributed by atoms with E-state index < -0.39 is 6.04 Å². The maximum Gasteiger partial charge on any atom is 0.328 e. The van der Waals surface area contributed by atoms with Gasteiger partial charge in [0.1, 0.15) is 11.9 Å². The molecule has 0 saturated heterocycles. The number of rotatable bonds is 6. The molecule has 0 heterocycles. The molecule has 0 amide bonds. The maximum atomic E-state index is 13.1. The third kappa shape index (κ3) is 4.29. The van der Waals surface area contributed by atoms with Crippen LogP contribution in [0.15, 0.2) is 22.7 Å². The lowest BCUT2D eigenvalue weighted by Gasteiger charge is -2.17. The third-order valence-corrected chi connectivity index (χ3v) is 3.02. The molecule has 1 rings (SSSR count). The van der Waals surface area contributed by atoms with Gasteiger partial charge in [-0.15, -0.1) is 0 Å². The molecule has 0 aliphatic carbocycles. The van der Waals surface area contributed by atoms with Crippen molar-refractivity contribution >= 4 is 27.6 Å². The number of esters is 1. The Balaban J connectivity index is 2.76. The van der Waals surface area contributed by atoms with Crippen LogP contribution in [0, 0.1) is 5.82 Å². The lowest BCUT2D eigenvalue weighted by Crippen LogP contribution is -2.31. The Morgan fingerprint density at radius 2 is 2.22 bits per heavy atom. The van der Waals surface area contributed by atoms with Gasteiger partial charge in [0, 0.05) is 5.69 Å². The van der Waals surface area contributed by atoms with Crippen molar-refractivity contribution in [3.63, 3.8) is 0 Å². The van der Waals surface area contributed by atoms with Crippen LogP contribution in [0.3, 0.4) is 0 Å².